The standard InChI is InChI=1S/C6H8O2.CH2O3.Ca.K/c1-2-3-4-5-6(7)8;2-1(3)4;;/h2-5H,1H3,(H,7,8);(H2,2,3,4);;/q;;+2;+1/p-3/b3-2+,5-4+;;;. The van der Waals surface area contributed by atoms with E-state index in [2.05, 4.69) is 0 Å². The Balaban J connectivity index is -0.0000000733. The summed E-state index contributed by atoms with van der Waals surface area (Å²) in [5, 5.41) is 26.3. The van der Waals surface area contributed by atoms with Gasteiger partial charge in [0.15, 0.2) is 0 Å². The quantitative estimate of drug-likeness (QED) is 0.276. The van der Waals surface area contributed by atoms with Crippen LogP contribution in [0.15, 0.2) is 24.3 Å². The molecule has 5 nitrogen and oxygen atoms in total. The summed E-state index contributed by atoms with van der Waals surface area (Å²) < 4.78 is 0. The predicted molar refractivity (Wildman–Crippen MR) is 40.1 cm³/mol. The van der Waals surface area contributed by atoms with Gasteiger partial charge in [-0.05, 0) is 19.2 Å². The Kier molecular flexibility index (Phi) is 34.2. The minimum absolute atomic E-state index is 0. The number of carbonyl (C=O) groups is 2. The third-order valence-corrected chi connectivity index (χ3v) is 0.536. The zero-order chi connectivity index (χ0) is 9.98. The number of hydrogen-bond acceptors (Lipinski definition) is 5. The van der Waals surface area contributed by atoms with Gasteiger partial charge in [-0.3, -0.25) is 0 Å². The van der Waals surface area contributed by atoms with E-state index in [9.17, 15) is 9.90 Å². The maximum atomic E-state index is 9.64. The van der Waals surface area contributed by atoms with Crippen LogP contribution >= 0.6 is 0 Å². The molecule has 0 saturated carbocycles. The van der Waals surface area contributed by atoms with E-state index in [0.717, 1.165) is 6.08 Å². The van der Waals surface area contributed by atoms with Gasteiger partial charge in [0.25, 0.3) is 0 Å². The second kappa shape index (κ2) is 19.7. The van der Waals surface area contributed by atoms with Crippen molar-refractivity contribution >= 4 is 49.9 Å². The molecular weight excluding hydrogens is 243 g/mol. The molecule has 0 radical (unpaired) electrons. The molecule has 0 bridgehead atoms. The zero-order valence-electron chi connectivity index (χ0n) is 8.06. The predicted octanol–water partition coefficient (Wildman–Crippen LogP) is -5.96. The molecule has 0 aromatic rings. The molecule has 0 unspecified atom stereocenters. The van der Waals surface area contributed by atoms with Crippen LogP contribution < -0.4 is 66.7 Å². The second-order valence-electron chi connectivity index (χ2n) is 1.45. The zero-order valence-corrected chi connectivity index (χ0v) is 13.4. The van der Waals surface area contributed by atoms with Gasteiger partial charge in [-0.25, -0.2) is 0 Å². The van der Waals surface area contributed by atoms with E-state index in [1.165, 1.54) is 6.08 Å². The van der Waals surface area contributed by atoms with Crippen molar-refractivity contribution < 1.29 is 76.3 Å². The topological polar surface area (TPSA) is 103 Å². The summed E-state index contributed by atoms with van der Waals surface area (Å²) in [4.78, 5) is 18.0. The van der Waals surface area contributed by atoms with Crippen LogP contribution in [-0.4, -0.2) is 49.9 Å². The third-order valence-electron chi connectivity index (χ3n) is 0.536. The Morgan fingerprint density at radius 2 is 1.43 bits per heavy atom. The first kappa shape index (κ1) is 24.4. The number of carboxylic acid groups (broad SMARTS) is 3. The first-order chi connectivity index (χ1) is 5.50. The van der Waals surface area contributed by atoms with Crippen molar-refractivity contribution in [3.63, 3.8) is 0 Å². The van der Waals surface area contributed by atoms with Gasteiger partial charge in [0.2, 0.25) is 0 Å². The molecule has 0 rings (SSSR count). The van der Waals surface area contributed by atoms with E-state index in [4.69, 9.17) is 15.0 Å². The van der Waals surface area contributed by atoms with Crippen LogP contribution in [0, 0.1) is 0 Å². The van der Waals surface area contributed by atoms with Crippen molar-refractivity contribution in [3.8, 4) is 0 Å². The maximum absolute atomic E-state index is 9.64. The van der Waals surface area contributed by atoms with Gasteiger partial charge >= 0.3 is 89.1 Å². The average Bonchev–Trinajstić information content (AvgIpc) is 1.86. The van der Waals surface area contributed by atoms with Crippen LogP contribution in [0.5, 0.6) is 0 Å². The van der Waals surface area contributed by atoms with E-state index >= 15 is 0 Å². The van der Waals surface area contributed by atoms with Crippen LogP contribution in [0.2, 0.25) is 0 Å². The fourth-order valence-electron chi connectivity index (χ4n) is 0.245. The van der Waals surface area contributed by atoms with Crippen molar-refractivity contribution in [2.75, 3.05) is 0 Å². The van der Waals surface area contributed by atoms with Crippen molar-refractivity contribution in [1.82, 2.24) is 0 Å². The summed E-state index contributed by atoms with van der Waals surface area (Å²) in [5.41, 5.74) is 0. The SMILES string of the molecule is C/C=C/C=C/C(=O)[O-].O=C([O-])[O-].[Ca+2].[K+]. The smallest absolute Gasteiger partial charge is 0.652 e. The summed E-state index contributed by atoms with van der Waals surface area (Å²) in [6.07, 6.45) is 3.41. The first-order valence-electron chi connectivity index (χ1n) is 2.89. The first-order valence-corrected chi connectivity index (χ1v) is 2.89. The van der Waals surface area contributed by atoms with E-state index < -0.39 is 12.1 Å². The Morgan fingerprint density at radius 1 is 1.07 bits per heavy atom. The minimum atomic E-state index is -2.33. The molecule has 7 heteroatoms. The Morgan fingerprint density at radius 3 is 1.64 bits per heavy atom. The van der Waals surface area contributed by atoms with E-state index in [0.29, 0.717) is 0 Å². The molecule has 14 heavy (non-hydrogen) atoms. The van der Waals surface area contributed by atoms with Crippen LogP contribution in [-0.2, 0) is 4.79 Å². The van der Waals surface area contributed by atoms with Gasteiger partial charge in [-0.15, -0.1) is 0 Å². The molecule has 0 atom stereocenters. The molecular formula is C7H7CaKO5. The molecule has 0 aliphatic heterocycles. The van der Waals surface area contributed by atoms with Gasteiger partial charge in [0.05, 0.1) is 5.97 Å². The molecule has 0 aromatic heterocycles. The average molecular weight is 250 g/mol. The number of carbonyl (C=O) groups excluding carboxylic acids is 2. The summed E-state index contributed by atoms with van der Waals surface area (Å²) in [5.74, 6) is -1.16. The largest absolute Gasteiger partial charge is 2.00 e. The Labute approximate surface area is 154 Å². The monoisotopic (exact) mass is 250 g/mol. The van der Waals surface area contributed by atoms with E-state index in [-0.39, 0.29) is 89.1 Å². The number of rotatable bonds is 2. The van der Waals surface area contributed by atoms with Gasteiger partial charge in [0.1, 0.15) is 0 Å². The normalized spacial score (nSPS) is 8.07. The number of carboxylic acids is 1. The molecule has 0 N–H and O–H groups in total. The summed E-state index contributed by atoms with van der Waals surface area (Å²) in [7, 11) is 0. The van der Waals surface area contributed by atoms with Crippen molar-refractivity contribution in [2.45, 2.75) is 6.92 Å². The molecule has 0 amide bonds. The number of aliphatic carboxylic acids is 1. The van der Waals surface area contributed by atoms with Crippen LogP contribution in [0.4, 0.5) is 4.79 Å². The Hall–Kier alpha value is 1.12. The fourth-order valence-corrected chi connectivity index (χ4v) is 0.245. The number of allylic oxidation sites excluding steroid dienone is 3. The molecule has 0 heterocycles. The molecule has 0 aliphatic rings. The molecule has 0 spiro atoms. The van der Waals surface area contributed by atoms with Gasteiger partial charge in [-0.2, -0.15) is 0 Å². The maximum Gasteiger partial charge on any atom is 2.00 e. The van der Waals surface area contributed by atoms with Crippen molar-refractivity contribution in [2.24, 2.45) is 0 Å². The van der Waals surface area contributed by atoms with Crippen LogP contribution in [0.25, 0.3) is 0 Å². The van der Waals surface area contributed by atoms with Gasteiger partial charge in [-0.1, -0.05) is 18.2 Å². The van der Waals surface area contributed by atoms with E-state index in [1.807, 2.05) is 0 Å². The number of hydrogen-bond donors (Lipinski definition) is 0. The fraction of sp³-hybridized carbons (Fsp3) is 0.143. The van der Waals surface area contributed by atoms with Crippen molar-refractivity contribution in [1.29, 1.82) is 0 Å². The molecule has 0 aromatic carbocycles. The summed E-state index contributed by atoms with van der Waals surface area (Å²) in [6.45, 7) is 1.81. The van der Waals surface area contributed by atoms with Crippen LogP contribution in [0.1, 0.15) is 6.92 Å². The van der Waals surface area contributed by atoms with E-state index in [1.54, 1.807) is 19.1 Å². The Bertz CT molecular complexity index is 198. The molecule has 0 aliphatic carbocycles. The van der Waals surface area contributed by atoms with Gasteiger partial charge < -0.3 is 24.9 Å². The second-order valence-corrected chi connectivity index (χ2v) is 1.45. The van der Waals surface area contributed by atoms with Crippen molar-refractivity contribution in [3.05, 3.63) is 24.3 Å². The van der Waals surface area contributed by atoms with Crippen LogP contribution in [0.3, 0.4) is 0 Å². The molecule has 0 saturated heterocycles. The minimum Gasteiger partial charge on any atom is -0.652 e. The summed E-state index contributed by atoms with van der Waals surface area (Å²) in [6, 6.07) is 0. The summed E-state index contributed by atoms with van der Waals surface area (Å²) >= 11 is 0. The third kappa shape index (κ3) is 51.5. The molecule has 0 fully saturated rings. The molecule has 68 valence electrons. The van der Waals surface area contributed by atoms with Gasteiger partial charge in [0, 0.05) is 0 Å².